The molecule has 24 heavy (non-hydrogen) atoms. The summed E-state index contributed by atoms with van der Waals surface area (Å²) in [6.07, 6.45) is 4.87. The SMILES string of the molecule is O=C(O)c1cn2ccnc(N3CCOCC3c3ccccc3)c2n1. The lowest BCUT2D eigenvalue weighted by Gasteiger charge is -2.36. The largest absolute Gasteiger partial charge is 0.476 e. The van der Waals surface area contributed by atoms with Crippen LogP contribution < -0.4 is 4.90 Å². The van der Waals surface area contributed by atoms with Crippen molar-refractivity contribution in [3.63, 3.8) is 0 Å². The van der Waals surface area contributed by atoms with Gasteiger partial charge in [-0.2, -0.15) is 0 Å². The molecular formula is C17H16N4O3. The molecular weight excluding hydrogens is 308 g/mol. The molecule has 122 valence electrons. The molecule has 0 saturated carbocycles. The third-order valence-corrected chi connectivity index (χ3v) is 4.16. The summed E-state index contributed by atoms with van der Waals surface area (Å²) in [7, 11) is 0. The van der Waals surface area contributed by atoms with Gasteiger partial charge >= 0.3 is 5.97 Å². The number of rotatable bonds is 3. The minimum Gasteiger partial charge on any atom is -0.476 e. The minimum absolute atomic E-state index is 0.00812. The fraction of sp³-hybridized carbons (Fsp3) is 0.235. The molecule has 1 atom stereocenters. The van der Waals surface area contributed by atoms with Crippen molar-refractivity contribution in [2.24, 2.45) is 0 Å². The Kier molecular flexibility index (Phi) is 3.62. The number of hydrogen-bond donors (Lipinski definition) is 1. The number of carboxylic acids is 1. The summed E-state index contributed by atoms with van der Waals surface area (Å²) >= 11 is 0. The number of imidazole rings is 1. The molecule has 1 aromatic carbocycles. The molecule has 1 aliphatic rings. The molecule has 0 radical (unpaired) electrons. The van der Waals surface area contributed by atoms with Crippen molar-refractivity contribution in [3.8, 4) is 0 Å². The van der Waals surface area contributed by atoms with E-state index in [1.807, 2.05) is 18.2 Å². The molecule has 0 amide bonds. The van der Waals surface area contributed by atoms with Crippen LogP contribution in [0.3, 0.4) is 0 Å². The molecule has 1 N–H and O–H groups in total. The first-order chi connectivity index (χ1) is 11.7. The van der Waals surface area contributed by atoms with Gasteiger partial charge in [-0.05, 0) is 5.56 Å². The Morgan fingerprint density at radius 1 is 1.29 bits per heavy atom. The lowest BCUT2D eigenvalue weighted by molar-refractivity contribution is 0.0691. The van der Waals surface area contributed by atoms with Crippen LogP contribution in [0.5, 0.6) is 0 Å². The van der Waals surface area contributed by atoms with Crippen molar-refractivity contribution in [2.45, 2.75) is 6.04 Å². The van der Waals surface area contributed by atoms with Crippen molar-refractivity contribution in [3.05, 3.63) is 60.2 Å². The van der Waals surface area contributed by atoms with Crippen molar-refractivity contribution >= 4 is 17.4 Å². The summed E-state index contributed by atoms with van der Waals surface area (Å²) < 4.78 is 7.35. The van der Waals surface area contributed by atoms with Crippen LogP contribution in [0.4, 0.5) is 5.82 Å². The van der Waals surface area contributed by atoms with Crippen LogP contribution in [0.1, 0.15) is 22.1 Å². The van der Waals surface area contributed by atoms with Gasteiger partial charge in [0, 0.05) is 25.1 Å². The Balaban J connectivity index is 1.81. The van der Waals surface area contributed by atoms with Gasteiger partial charge in [0.2, 0.25) is 0 Å². The average Bonchev–Trinajstić information content (AvgIpc) is 3.07. The third-order valence-electron chi connectivity index (χ3n) is 4.16. The number of fused-ring (bicyclic) bond motifs is 1. The molecule has 7 nitrogen and oxygen atoms in total. The van der Waals surface area contributed by atoms with Gasteiger partial charge in [0.05, 0.1) is 19.3 Å². The predicted octanol–water partition coefficient (Wildman–Crippen LogP) is 2.01. The van der Waals surface area contributed by atoms with E-state index in [-0.39, 0.29) is 11.7 Å². The van der Waals surface area contributed by atoms with Crippen LogP contribution in [0.2, 0.25) is 0 Å². The third kappa shape index (κ3) is 2.48. The van der Waals surface area contributed by atoms with Gasteiger partial charge < -0.3 is 19.1 Å². The predicted molar refractivity (Wildman–Crippen MR) is 87.3 cm³/mol. The van der Waals surface area contributed by atoms with Gasteiger partial charge in [-0.1, -0.05) is 30.3 Å². The zero-order chi connectivity index (χ0) is 16.5. The van der Waals surface area contributed by atoms with Crippen LogP contribution in [0, 0.1) is 0 Å². The Morgan fingerprint density at radius 3 is 2.92 bits per heavy atom. The van der Waals surface area contributed by atoms with Crippen molar-refractivity contribution < 1.29 is 14.6 Å². The van der Waals surface area contributed by atoms with E-state index in [2.05, 4.69) is 27.0 Å². The smallest absolute Gasteiger partial charge is 0.356 e. The number of aromatic carboxylic acids is 1. The van der Waals surface area contributed by atoms with E-state index in [1.165, 1.54) is 6.20 Å². The molecule has 0 spiro atoms. The van der Waals surface area contributed by atoms with Gasteiger partial charge in [-0.15, -0.1) is 0 Å². The van der Waals surface area contributed by atoms with E-state index in [0.29, 0.717) is 31.2 Å². The molecule has 1 saturated heterocycles. The highest BCUT2D eigenvalue weighted by Crippen LogP contribution is 2.30. The number of benzene rings is 1. The molecule has 3 aromatic rings. The first-order valence-electron chi connectivity index (χ1n) is 7.70. The van der Waals surface area contributed by atoms with Gasteiger partial charge in [0.25, 0.3) is 0 Å². The van der Waals surface area contributed by atoms with Gasteiger partial charge in [0.1, 0.15) is 0 Å². The Morgan fingerprint density at radius 2 is 2.12 bits per heavy atom. The maximum atomic E-state index is 11.2. The molecule has 3 heterocycles. The lowest BCUT2D eigenvalue weighted by Crippen LogP contribution is -2.40. The lowest BCUT2D eigenvalue weighted by atomic mass is 10.1. The van der Waals surface area contributed by atoms with E-state index >= 15 is 0 Å². The molecule has 1 fully saturated rings. The summed E-state index contributed by atoms with van der Waals surface area (Å²) in [6.45, 7) is 1.82. The zero-order valence-electron chi connectivity index (χ0n) is 12.9. The second-order valence-electron chi connectivity index (χ2n) is 5.61. The van der Waals surface area contributed by atoms with Gasteiger partial charge in [0.15, 0.2) is 17.2 Å². The number of carbonyl (C=O) groups is 1. The standard InChI is InChI=1S/C17H16N4O3/c22-17(23)13-10-20-7-6-18-15(16(20)19-13)21-8-9-24-11-14(21)12-4-2-1-3-5-12/h1-7,10,14H,8-9,11H2,(H,22,23). The summed E-state index contributed by atoms with van der Waals surface area (Å²) in [6, 6.07) is 10.1. The highest BCUT2D eigenvalue weighted by Gasteiger charge is 2.28. The summed E-state index contributed by atoms with van der Waals surface area (Å²) in [4.78, 5) is 22.1. The molecule has 0 aliphatic carbocycles. The molecule has 4 rings (SSSR count). The Hall–Kier alpha value is -2.93. The zero-order valence-corrected chi connectivity index (χ0v) is 12.9. The molecule has 0 bridgehead atoms. The molecule has 2 aromatic heterocycles. The van der Waals surface area contributed by atoms with Gasteiger partial charge in [-0.25, -0.2) is 14.8 Å². The summed E-state index contributed by atoms with van der Waals surface area (Å²) in [5.41, 5.74) is 1.68. The monoisotopic (exact) mass is 324 g/mol. The first kappa shape index (κ1) is 14.6. The second-order valence-corrected chi connectivity index (χ2v) is 5.61. The number of nitrogens with zero attached hydrogens (tertiary/aromatic N) is 4. The van der Waals surface area contributed by atoms with E-state index in [1.54, 1.807) is 16.8 Å². The van der Waals surface area contributed by atoms with Crippen LogP contribution in [0.25, 0.3) is 5.65 Å². The van der Waals surface area contributed by atoms with E-state index in [0.717, 1.165) is 5.56 Å². The molecule has 7 heteroatoms. The van der Waals surface area contributed by atoms with E-state index < -0.39 is 5.97 Å². The maximum Gasteiger partial charge on any atom is 0.356 e. The Bertz CT molecular complexity index is 878. The van der Waals surface area contributed by atoms with Crippen molar-refractivity contribution in [2.75, 3.05) is 24.7 Å². The number of morpholine rings is 1. The highest BCUT2D eigenvalue weighted by atomic mass is 16.5. The van der Waals surface area contributed by atoms with Crippen molar-refractivity contribution in [1.82, 2.24) is 14.4 Å². The fourth-order valence-electron chi connectivity index (χ4n) is 3.02. The average molecular weight is 324 g/mol. The van der Waals surface area contributed by atoms with E-state index in [9.17, 15) is 9.90 Å². The maximum absolute atomic E-state index is 11.2. The second kappa shape index (κ2) is 5.93. The Labute approximate surface area is 138 Å². The number of ether oxygens (including phenoxy) is 1. The van der Waals surface area contributed by atoms with Crippen LogP contribution in [0.15, 0.2) is 48.9 Å². The fourth-order valence-corrected chi connectivity index (χ4v) is 3.02. The summed E-state index contributed by atoms with van der Waals surface area (Å²) in [5.74, 6) is -0.381. The van der Waals surface area contributed by atoms with Crippen molar-refractivity contribution in [1.29, 1.82) is 0 Å². The highest BCUT2D eigenvalue weighted by molar-refractivity contribution is 5.87. The quantitative estimate of drug-likeness (QED) is 0.794. The molecule has 1 aliphatic heterocycles. The van der Waals surface area contributed by atoms with Crippen LogP contribution in [-0.2, 0) is 4.74 Å². The minimum atomic E-state index is -1.05. The molecule has 1 unspecified atom stereocenters. The number of anilines is 1. The van der Waals surface area contributed by atoms with Crippen LogP contribution >= 0.6 is 0 Å². The van der Waals surface area contributed by atoms with Crippen LogP contribution in [-0.4, -0.2) is 45.2 Å². The normalized spacial score (nSPS) is 18.0. The first-order valence-corrected chi connectivity index (χ1v) is 7.70. The summed E-state index contributed by atoms with van der Waals surface area (Å²) in [5, 5.41) is 9.19. The van der Waals surface area contributed by atoms with E-state index in [4.69, 9.17) is 4.74 Å². The number of carboxylic acid groups (broad SMARTS) is 1. The number of hydrogen-bond acceptors (Lipinski definition) is 5. The topological polar surface area (TPSA) is 80.0 Å². The van der Waals surface area contributed by atoms with Gasteiger partial charge in [-0.3, -0.25) is 0 Å². The number of aromatic nitrogens is 3.